The summed E-state index contributed by atoms with van der Waals surface area (Å²) in [5, 5.41) is 24.9. The molecule has 4 unspecified atom stereocenters. The first kappa shape index (κ1) is 15.9. The van der Waals surface area contributed by atoms with Crippen molar-refractivity contribution in [1.29, 1.82) is 0 Å². The van der Waals surface area contributed by atoms with E-state index in [2.05, 4.69) is 10.6 Å². The fraction of sp³-hybridized carbons (Fsp3) is 0.833. The van der Waals surface area contributed by atoms with Gasteiger partial charge in [-0.25, -0.2) is 0 Å². The van der Waals surface area contributed by atoms with Gasteiger partial charge >= 0.3 is 11.9 Å². The number of hydrogen-bond donors (Lipinski definition) is 4. The van der Waals surface area contributed by atoms with Crippen molar-refractivity contribution in [1.82, 2.24) is 10.6 Å². The first-order valence-corrected chi connectivity index (χ1v) is 9.08. The zero-order valence-corrected chi connectivity index (χ0v) is 12.7. The SMILES string of the molecule is O=C(O)C1CCC(SSC2CCC(C(=O)O)CN2)NC1. The maximum Gasteiger partial charge on any atom is 0.307 e. The minimum absolute atomic E-state index is 0.263. The van der Waals surface area contributed by atoms with Crippen LogP contribution in [-0.2, 0) is 9.59 Å². The molecule has 114 valence electrons. The second kappa shape index (κ2) is 7.53. The highest BCUT2D eigenvalue weighted by Gasteiger charge is 2.29. The van der Waals surface area contributed by atoms with Crippen molar-refractivity contribution in [2.45, 2.75) is 36.4 Å². The highest BCUT2D eigenvalue weighted by Crippen LogP contribution is 2.36. The zero-order chi connectivity index (χ0) is 14.5. The van der Waals surface area contributed by atoms with Gasteiger partial charge in [-0.15, -0.1) is 0 Å². The fourth-order valence-electron chi connectivity index (χ4n) is 2.38. The zero-order valence-electron chi connectivity index (χ0n) is 11.1. The molecule has 0 radical (unpaired) electrons. The number of carbonyl (C=O) groups is 2. The Morgan fingerprint density at radius 1 is 0.800 bits per heavy atom. The highest BCUT2D eigenvalue weighted by molar-refractivity contribution is 8.77. The maximum absolute atomic E-state index is 10.8. The van der Waals surface area contributed by atoms with E-state index in [1.165, 1.54) is 0 Å². The molecule has 6 nitrogen and oxygen atoms in total. The lowest BCUT2D eigenvalue weighted by atomic mass is 10.0. The quantitative estimate of drug-likeness (QED) is 0.561. The van der Waals surface area contributed by atoms with Gasteiger partial charge in [-0.05, 0) is 25.7 Å². The molecule has 2 rings (SSSR count). The molecule has 0 saturated carbocycles. The van der Waals surface area contributed by atoms with E-state index in [1.54, 1.807) is 21.6 Å². The summed E-state index contributed by atoms with van der Waals surface area (Å²) >= 11 is 0. The third-order valence-corrected chi connectivity index (χ3v) is 6.83. The van der Waals surface area contributed by atoms with Crippen molar-refractivity contribution in [2.24, 2.45) is 11.8 Å². The van der Waals surface area contributed by atoms with E-state index in [0.717, 1.165) is 25.7 Å². The second-order valence-electron chi connectivity index (χ2n) is 5.21. The monoisotopic (exact) mass is 320 g/mol. The molecule has 0 spiro atoms. The molecule has 0 bridgehead atoms. The Bertz CT molecular complexity index is 319. The summed E-state index contributed by atoms with van der Waals surface area (Å²) in [5.41, 5.74) is 0. The minimum atomic E-state index is -0.720. The summed E-state index contributed by atoms with van der Waals surface area (Å²) in [6.07, 6.45) is 3.16. The summed E-state index contributed by atoms with van der Waals surface area (Å²) in [7, 11) is 3.46. The predicted octanol–water partition coefficient (Wildman–Crippen LogP) is 1.19. The summed E-state index contributed by atoms with van der Waals surface area (Å²) in [4.78, 5) is 21.7. The molecule has 2 fully saturated rings. The molecule has 0 amide bonds. The van der Waals surface area contributed by atoms with Crippen LogP contribution in [0.3, 0.4) is 0 Å². The van der Waals surface area contributed by atoms with Gasteiger partial charge in [0.2, 0.25) is 0 Å². The van der Waals surface area contributed by atoms with E-state index in [-0.39, 0.29) is 22.6 Å². The molecule has 2 heterocycles. The number of carboxylic acids is 2. The molecule has 0 aromatic rings. The van der Waals surface area contributed by atoms with Crippen LogP contribution >= 0.6 is 21.6 Å². The van der Waals surface area contributed by atoms with Crippen LogP contribution < -0.4 is 10.6 Å². The summed E-state index contributed by atoms with van der Waals surface area (Å²) in [5.74, 6) is -1.97. The topological polar surface area (TPSA) is 98.7 Å². The lowest BCUT2D eigenvalue weighted by molar-refractivity contribution is -0.143. The molecule has 4 N–H and O–H groups in total. The summed E-state index contributed by atoms with van der Waals surface area (Å²) in [6, 6.07) is 0. The lowest BCUT2D eigenvalue weighted by Crippen LogP contribution is -2.41. The maximum atomic E-state index is 10.8. The lowest BCUT2D eigenvalue weighted by Gasteiger charge is -2.30. The normalized spacial score (nSPS) is 34.6. The Morgan fingerprint density at radius 2 is 1.20 bits per heavy atom. The molecule has 2 aliphatic heterocycles. The number of aliphatic carboxylic acids is 2. The number of piperidine rings is 2. The van der Waals surface area contributed by atoms with Gasteiger partial charge in [-0.3, -0.25) is 9.59 Å². The third-order valence-electron chi connectivity index (χ3n) is 3.72. The smallest absolute Gasteiger partial charge is 0.307 e. The van der Waals surface area contributed by atoms with E-state index >= 15 is 0 Å². The fourth-order valence-corrected chi connectivity index (χ4v) is 5.23. The Kier molecular flexibility index (Phi) is 6.01. The Balaban J connectivity index is 1.62. The molecule has 2 aliphatic rings. The minimum Gasteiger partial charge on any atom is -0.481 e. The van der Waals surface area contributed by atoms with Crippen LogP contribution in [0, 0.1) is 11.8 Å². The van der Waals surface area contributed by atoms with Gasteiger partial charge in [0.05, 0.1) is 22.6 Å². The Labute approximate surface area is 125 Å². The van der Waals surface area contributed by atoms with E-state index in [0.29, 0.717) is 13.1 Å². The molecular weight excluding hydrogens is 300 g/mol. The van der Waals surface area contributed by atoms with Gasteiger partial charge in [0.1, 0.15) is 0 Å². The van der Waals surface area contributed by atoms with Gasteiger partial charge < -0.3 is 20.8 Å². The average Bonchev–Trinajstić information content (AvgIpc) is 2.46. The third kappa shape index (κ3) is 4.54. The van der Waals surface area contributed by atoms with Gasteiger partial charge in [0.25, 0.3) is 0 Å². The molecular formula is C12H20N2O4S2. The molecule has 8 heteroatoms. The van der Waals surface area contributed by atoms with E-state index in [1.807, 2.05) is 0 Å². The molecule has 2 saturated heterocycles. The number of carboxylic acid groups (broad SMARTS) is 2. The van der Waals surface area contributed by atoms with Crippen molar-refractivity contribution in [3.05, 3.63) is 0 Å². The molecule has 0 aromatic heterocycles. The van der Waals surface area contributed by atoms with Crippen LogP contribution in [-0.4, -0.2) is 46.0 Å². The van der Waals surface area contributed by atoms with Gasteiger partial charge in [-0.1, -0.05) is 21.6 Å². The number of nitrogens with one attached hydrogen (secondary N) is 2. The van der Waals surface area contributed by atoms with Gasteiger partial charge in [0, 0.05) is 13.1 Å². The standard InChI is InChI=1S/C12H20N2O4S2/c15-11(16)7-1-3-9(13-5-7)19-20-10-4-2-8(6-14-10)12(17)18/h7-10,13-14H,1-6H2,(H,15,16)(H,17,18). The van der Waals surface area contributed by atoms with Crippen molar-refractivity contribution in [2.75, 3.05) is 13.1 Å². The average molecular weight is 320 g/mol. The van der Waals surface area contributed by atoms with Crippen molar-refractivity contribution in [3.63, 3.8) is 0 Å². The molecule has 20 heavy (non-hydrogen) atoms. The van der Waals surface area contributed by atoms with Crippen LogP contribution in [0.4, 0.5) is 0 Å². The van der Waals surface area contributed by atoms with Crippen molar-refractivity contribution >= 4 is 33.5 Å². The molecule has 0 aromatic carbocycles. The van der Waals surface area contributed by atoms with E-state index in [4.69, 9.17) is 10.2 Å². The van der Waals surface area contributed by atoms with E-state index in [9.17, 15) is 9.59 Å². The van der Waals surface area contributed by atoms with E-state index < -0.39 is 11.9 Å². The van der Waals surface area contributed by atoms with Crippen molar-refractivity contribution in [3.8, 4) is 0 Å². The predicted molar refractivity (Wildman–Crippen MR) is 79.5 cm³/mol. The summed E-state index contributed by atoms with van der Waals surface area (Å²) in [6.45, 7) is 1.07. The van der Waals surface area contributed by atoms with Crippen LogP contribution in [0.2, 0.25) is 0 Å². The Hall–Kier alpha value is -0.440. The molecule has 4 atom stereocenters. The first-order chi connectivity index (χ1) is 9.56. The van der Waals surface area contributed by atoms with Crippen molar-refractivity contribution < 1.29 is 19.8 Å². The number of rotatable bonds is 5. The largest absolute Gasteiger partial charge is 0.481 e. The number of hydrogen-bond acceptors (Lipinski definition) is 6. The first-order valence-electron chi connectivity index (χ1n) is 6.80. The Morgan fingerprint density at radius 3 is 1.45 bits per heavy atom. The van der Waals surface area contributed by atoms with Crippen LogP contribution in [0.5, 0.6) is 0 Å². The van der Waals surface area contributed by atoms with Gasteiger partial charge in [0.15, 0.2) is 0 Å². The van der Waals surface area contributed by atoms with Crippen LogP contribution in [0.15, 0.2) is 0 Å². The molecule has 0 aliphatic carbocycles. The highest BCUT2D eigenvalue weighted by atomic mass is 33.1. The van der Waals surface area contributed by atoms with Gasteiger partial charge in [-0.2, -0.15) is 0 Å². The second-order valence-corrected chi connectivity index (χ2v) is 7.89. The van der Waals surface area contributed by atoms with Crippen LogP contribution in [0.1, 0.15) is 25.7 Å². The van der Waals surface area contributed by atoms with Crippen LogP contribution in [0.25, 0.3) is 0 Å². The summed E-state index contributed by atoms with van der Waals surface area (Å²) < 4.78 is 0.